The van der Waals surface area contributed by atoms with Gasteiger partial charge in [-0.3, -0.25) is 9.59 Å². The van der Waals surface area contributed by atoms with Crippen molar-refractivity contribution < 1.29 is 9.59 Å². The van der Waals surface area contributed by atoms with Crippen LogP contribution < -0.4 is 11.1 Å². The second kappa shape index (κ2) is 5.62. The number of aromatic nitrogens is 1. The minimum absolute atomic E-state index is 0.174. The third-order valence-electron chi connectivity index (χ3n) is 2.44. The molecular formula is C13H13N3O2S. The number of nitrogens with one attached hydrogen (secondary N) is 1. The van der Waals surface area contributed by atoms with Crippen molar-refractivity contribution >= 4 is 28.8 Å². The molecule has 0 unspecified atom stereocenters. The molecule has 19 heavy (non-hydrogen) atoms. The van der Waals surface area contributed by atoms with E-state index in [-0.39, 0.29) is 12.3 Å². The van der Waals surface area contributed by atoms with E-state index in [1.165, 1.54) is 11.3 Å². The van der Waals surface area contributed by atoms with E-state index in [4.69, 9.17) is 5.73 Å². The fourth-order valence-corrected chi connectivity index (χ4v) is 2.22. The SMILES string of the molecule is Cc1nc(CC(=O)Nc2cccc(C(N)=O)c2)cs1. The number of nitrogens with zero attached hydrogens (tertiary/aromatic N) is 1. The average Bonchev–Trinajstić information content (AvgIpc) is 2.74. The predicted molar refractivity (Wildman–Crippen MR) is 74.1 cm³/mol. The molecule has 2 amide bonds. The zero-order valence-corrected chi connectivity index (χ0v) is 11.2. The minimum atomic E-state index is -0.522. The molecule has 5 nitrogen and oxygen atoms in total. The minimum Gasteiger partial charge on any atom is -0.366 e. The lowest BCUT2D eigenvalue weighted by atomic mass is 10.2. The summed E-state index contributed by atoms with van der Waals surface area (Å²) in [5.74, 6) is -0.696. The molecule has 3 N–H and O–H groups in total. The standard InChI is InChI=1S/C13H13N3O2S/c1-8-15-11(7-19-8)6-12(17)16-10-4-2-3-9(5-10)13(14)18/h2-5,7H,6H2,1H3,(H2,14,18)(H,16,17). The Morgan fingerprint density at radius 2 is 2.21 bits per heavy atom. The summed E-state index contributed by atoms with van der Waals surface area (Å²) in [5.41, 5.74) is 6.83. The highest BCUT2D eigenvalue weighted by atomic mass is 32.1. The maximum absolute atomic E-state index is 11.8. The number of hydrogen-bond acceptors (Lipinski definition) is 4. The number of carbonyl (C=O) groups is 2. The molecule has 0 aliphatic carbocycles. The lowest BCUT2D eigenvalue weighted by Crippen LogP contribution is -2.16. The summed E-state index contributed by atoms with van der Waals surface area (Å²) >= 11 is 1.51. The molecule has 6 heteroatoms. The molecule has 0 fully saturated rings. The quantitative estimate of drug-likeness (QED) is 0.891. The molecular weight excluding hydrogens is 262 g/mol. The van der Waals surface area contributed by atoms with Crippen LogP contribution in [0, 0.1) is 6.92 Å². The maximum atomic E-state index is 11.8. The van der Waals surface area contributed by atoms with Crippen LogP contribution in [0.3, 0.4) is 0 Å². The van der Waals surface area contributed by atoms with Crippen LogP contribution in [0.15, 0.2) is 29.6 Å². The molecule has 2 aromatic rings. The number of anilines is 1. The molecule has 0 radical (unpaired) electrons. The smallest absolute Gasteiger partial charge is 0.248 e. The molecule has 98 valence electrons. The molecule has 1 aromatic carbocycles. The van der Waals surface area contributed by atoms with Gasteiger partial charge >= 0.3 is 0 Å². The fourth-order valence-electron chi connectivity index (χ4n) is 1.61. The van der Waals surface area contributed by atoms with Gasteiger partial charge in [0.1, 0.15) is 0 Å². The number of amides is 2. The third-order valence-corrected chi connectivity index (χ3v) is 3.26. The van der Waals surface area contributed by atoms with Gasteiger partial charge in [0.15, 0.2) is 0 Å². The maximum Gasteiger partial charge on any atom is 0.248 e. The van der Waals surface area contributed by atoms with E-state index in [0.29, 0.717) is 11.3 Å². The molecule has 0 aliphatic heterocycles. The van der Waals surface area contributed by atoms with Crippen LogP contribution in [0.25, 0.3) is 0 Å². The first-order chi connectivity index (χ1) is 9.04. The molecule has 0 bridgehead atoms. The van der Waals surface area contributed by atoms with E-state index in [1.807, 2.05) is 12.3 Å². The lowest BCUT2D eigenvalue weighted by molar-refractivity contribution is -0.115. The van der Waals surface area contributed by atoms with Crippen molar-refractivity contribution in [2.75, 3.05) is 5.32 Å². The number of thiazole rings is 1. The summed E-state index contributed by atoms with van der Waals surface area (Å²) in [7, 11) is 0. The van der Waals surface area contributed by atoms with Crippen molar-refractivity contribution in [3.63, 3.8) is 0 Å². The first-order valence-corrected chi connectivity index (χ1v) is 6.53. The molecule has 1 aromatic heterocycles. The highest BCUT2D eigenvalue weighted by Crippen LogP contribution is 2.12. The summed E-state index contributed by atoms with van der Waals surface area (Å²) in [6, 6.07) is 6.52. The number of hydrogen-bond donors (Lipinski definition) is 2. The van der Waals surface area contributed by atoms with E-state index in [1.54, 1.807) is 24.3 Å². The number of nitrogens with two attached hydrogens (primary N) is 1. The van der Waals surface area contributed by atoms with Crippen LogP contribution in [0.2, 0.25) is 0 Å². The van der Waals surface area contributed by atoms with E-state index in [9.17, 15) is 9.59 Å². The van der Waals surface area contributed by atoms with E-state index in [2.05, 4.69) is 10.3 Å². The Morgan fingerprint density at radius 3 is 2.84 bits per heavy atom. The van der Waals surface area contributed by atoms with Crippen LogP contribution in [0.1, 0.15) is 21.1 Å². The van der Waals surface area contributed by atoms with Gasteiger partial charge < -0.3 is 11.1 Å². The highest BCUT2D eigenvalue weighted by Gasteiger charge is 2.08. The van der Waals surface area contributed by atoms with Gasteiger partial charge in [0, 0.05) is 16.6 Å². The molecule has 0 saturated carbocycles. The van der Waals surface area contributed by atoms with Crippen molar-refractivity contribution in [3.8, 4) is 0 Å². The Balaban J connectivity index is 2.02. The van der Waals surface area contributed by atoms with Crippen LogP contribution in [0.4, 0.5) is 5.69 Å². The Kier molecular flexibility index (Phi) is 3.91. The van der Waals surface area contributed by atoms with Crippen LogP contribution in [-0.2, 0) is 11.2 Å². The summed E-state index contributed by atoms with van der Waals surface area (Å²) in [6.45, 7) is 1.89. The van der Waals surface area contributed by atoms with Gasteiger partial charge in [0.05, 0.1) is 17.1 Å². The largest absolute Gasteiger partial charge is 0.366 e. The van der Waals surface area contributed by atoms with Gasteiger partial charge in [-0.25, -0.2) is 4.98 Å². The molecule has 2 rings (SSSR count). The van der Waals surface area contributed by atoms with Gasteiger partial charge in [-0.2, -0.15) is 0 Å². The second-order valence-electron chi connectivity index (χ2n) is 4.03. The molecule has 0 aliphatic rings. The van der Waals surface area contributed by atoms with Gasteiger partial charge in [-0.1, -0.05) is 6.07 Å². The molecule has 0 spiro atoms. The van der Waals surface area contributed by atoms with E-state index >= 15 is 0 Å². The summed E-state index contributed by atoms with van der Waals surface area (Å²) in [4.78, 5) is 27.1. The lowest BCUT2D eigenvalue weighted by Gasteiger charge is -2.05. The first-order valence-electron chi connectivity index (χ1n) is 5.65. The normalized spacial score (nSPS) is 10.2. The Morgan fingerprint density at radius 1 is 1.42 bits per heavy atom. The zero-order valence-electron chi connectivity index (χ0n) is 10.3. The summed E-state index contributed by atoms with van der Waals surface area (Å²) < 4.78 is 0. The Labute approximate surface area is 114 Å². The van der Waals surface area contributed by atoms with Crippen molar-refractivity contribution in [1.82, 2.24) is 4.98 Å². The Bertz CT molecular complexity index is 622. The number of benzene rings is 1. The number of rotatable bonds is 4. The number of carbonyl (C=O) groups excluding carboxylic acids is 2. The topological polar surface area (TPSA) is 85.1 Å². The van der Waals surface area contributed by atoms with Gasteiger partial charge in [-0.15, -0.1) is 11.3 Å². The second-order valence-corrected chi connectivity index (χ2v) is 5.09. The van der Waals surface area contributed by atoms with Gasteiger partial charge in [0.2, 0.25) is 11.8 Å². The monoisotopic (exact) mass is 275 g/mol. The van der Waals surface area contributed by atoms with Crippen LogP contribution in [-0.4, -0.2) is 16.8 Å². The average molecular weight is 275 g/mol. The summed E-state index contributed by atoms with van der Waals surface area (Å²) in [6.07, 6.45) is 0.213. The molecule has 0 saturated heterocycles. The van der Waals surface area contributed by atoms with Crippen molar-refractivity contribution in [3.05, 3.63) is 45.9 Å². The predicted octanol–water partition coefficient (Wildman–Crippen LogP) is 1.73. The fraction of sp³-hybridized carbons (Fsp3) is 0.154. The van der Waals surface area contributed by atoms with Gasteiger partial charge in [-0.05, 0) is 25.1 Å². The third kappa shape index (κ3) is 3.62. The van der Waals surface area contributed by atoms with Crippen molar-refractivity contribution in [2.45, 2.75) is 13.3 Å². The number of aryl methyl sites for hydroxylation is 1. The van der Waals surface area contributed by atoms with Crippen molar-refractivity contribution in [1.29, 1.82) is 0 Å². The molecule has 0 atom stereocenters. The van der Waals surface area contributed by atoms with Crippen LogP contribution >= 0.6 is 11.3 Å². The first kappa shape index (κ1) is 13.2. The highest BCUT2D eigenvalue weighted by molar-refractivity contribution is 7.09. The number of primary amides is 1. The van der Waals surface area contributed by atoms with Crippen LogP contribution in [0.5, 0.6) is 0 Å². The zero-order chi connectivity index (χ0) is 13.8. The summed E-state index contributed by atoms with van der Waals surface area (Å²) in [5, 5.41) is 5.50. The van der Waals surface area contributed by atoms with Crippen molar-refractivity contribution in [2.24, 2.45) is 5.73 Å². The molecule has 1 heterocycles. The van der Waals surface area contributed by atoms with E-state index < -0.39 is 5.91 Å². The van der Waals surface area contributed by atoms with Gasteiger partial charge in [0.25, 0.3) is 0 Å². The Hall–Kier alpha value is -2.21. The van der Waals surface area contributed by atoms with E-state index in [0.717, 1.165) is 10.7 Å².